The van der Waals surface area contributed by atoms with Gasteiger partial charge in [-0.15, -0.1) is 0 Å². The van der Waals surface area contributed by atoms with Crippen molar-refractivity contribution in [2.24, 2.45) is 0 Å². The van der Waals surface area contributed by atoms with Crippen molar-refractivity contribution in [2.75, 3.05) is 0 Å². The normalized spacial score (nSPS) is 10.8. The quantitative estimate of drug-likeness (QED) is 0.619. The number of nitrogens with zero attached hydrogens (tertiary/aromatic N) is 1. The van der Waals surface area contributed by atoms with Gasteiger partial charge < -0.3 is 9.15 Å². The third kappa shape index (κ3) is 3.59. The Balaban J connectivity index is 1.94. The molecule has 0 fully saturated rings. The van der Waals surface area contributed by atoms with Gasteiger partial charge in [0.15, 0.2) is 0 Å². The smallest absolute Gasteiger partial charge is 0.402 e. The van der Waals surface area contributed by atoms with Crippen molar-refractivity contribution in [1.82, 2.24) is 4.98 Å². The third-order valence-corrected chi connectivity index (χ3v) is 3.72. The summed E-state index contributed by atoms with van der Waals surface area (Å²) in [4.78, 5) is 16.7. The van der Waals surface area contributed by atoms with Gasteiger partial charge in [0, 0.05) is 0 Å². The van der Waals surface area contributed by atoms with Gasteiger partial charge in [-0.25, -0.2) is 4.79 Å². The Labute approximate surface area is 134 Å². The molecule has 0 spiro atoms. The fourth-order valence-electron chi connectivity index (χ4n) is 2.57. The highest BCUT2D eigenvalue weighted by molar-refractivity contribution is 5.81. The molecule has 4 nitrogen and oxygen atoms in total. The topological polar surface area (TPSA) is 52.3 Å². The number of hydrogen-bond acceptors (Lipinski definition) is 4. The van der Waals surface area contributed by atoms with E-state index in [1.54, 1.807) is 12.1 Å². The van der Waals surface area contributed by atoms with Gasteiger partial charge in [-0.3, -0.25) is 0 Å². The lowest BCUT2D eigenvalue weighted by molar-refractivity contribution is 0.307. The molecule has 0 aliphatic rings. The summed E-state index contributed by atoms with van der Waals surface area (Å²) in [6.45, 7) is 2.16. The first-order chi connectivity index (χ1) is 11.3. The lowest BCUT2D eigenvalue weighted by Crippen LogP contribution is -2.06. The van der Waals surface area contributed by atoms with Gasteiger partial charge in [0.05, 0.1) is 10.9 Å². The largest absolute Gasteiger partial charge is 0.411 e. The zero-order valence-electron chi connectivity index (χ0n) is 13.1. The van der Waals surface area contributed by atoms with E-state index in [0.29, 0.717) is 16.7 Å². The van der Waals surface area contributed by atoms with Gasteiger partial charge in [0.1, 0.15) is 5.75 Å². The van der Waals surface area contributed by atoms with Crippen molar-refractivity contribution in [2.45, 2.75) is 32.6 Å². The van der Waals surface area contributed by atoms with E-state index in [1.807, 2.05) is 36.4 Å². The summed E-state index contributed by atoms with van der Waals surface area (Å²) in [6.07, 6.45) is 4.17. The minimum absolute atomic E-state index is 0.0283. The summed E-state index contributed by atoms with van der Waals surface area (Å²) in [7, 11) is 0. The Hall–Kier alpha value is -2.62. The molecule has 0 saturated heterocycles. The molecule has 0 atom stereocenters. The van der Waals surface area contributed by atoms with Gasteiger partial charge in [-0.2, -0.15) is 4.98 Å². The van der Waals surface area contributed by atoms with Crippen molar-refractivity contribution >= 4 is 10.9 Å². The standard InChI is InChI=1S/C19H19NO3/c1-2-3-5-9-14-10-8-13-16-17(14)18(21)23-19(20-16)22-15-11-6-4-7-12-15/h4,6-8,10-13H,2-3,5,9H2,1H3. The van der Waals surface area contributed by atoms with Crippen LogP contribution in [0.25, 0.3) is 10.9 Å². The SMILES string of the molecule is CCCCCc1cccc2nc(Oc3ccccc3)oc(=O)c12. The highest BCUT2D eigenvalue weighted by Crippen LogP contribution is 2.22. The minimum atomic E-state index is -0.395. The number of aryl methyl sites for hydroxylation is 1. The number of aromatic nitrogens is 1. The van der Waals surface area contributed by atoms with Gasteiger partial charge in [0.2, 0.25) is 0 Å². The molecule has 3 aromatic rings. The summed E-state index contributed by atoms with van der Waals surface area (Å²) >= 11 is 0. The monoisotopic (exact) mass is 309 g/mol. The number of unbranched alkanes of at least 4 members (excludes halogenated alkanes) is 2. The van der Waals surface area contributed by atoms with Crippen LogP contribution in [-0.4, -0.2) is 4.98 Å². The summed E-state index contributed by atoms with van der Waals surface area (Å²) < 4.78 is 10.8. The second kappa shape index (κ2) is 7.09. The maximum atomic E-state index is 12.4. The van der Waals surface area contributed by atoms with E-state index in [0.717, 1.165) is 31.2 Å². The van der Waals surface area contributed by atoms with Crippen LogP contribution in [0.1, 0.15) is 31.7 Å². The molecule has 4 heteroatoms. The molecule has 0 saturated carbocycles. The Morgan fingerprint density at radius 3 is 2.65 bits per heavy atom. The number of para-hydroxylation sites is 1. The molecule has 23 heavy (non-hydrogen) atoms. The molecule has 0 N–H and O–H groups in total. The van der Waals surface area contributed by atoms with Gasteiger partial charge in [-0.05, 0) is 36.6 Å². The van der Waals surface area contributed by atoms with E-state index in [-0.39, 0.29) is 6.08 Å². The molecule has 0 amide bonds. The molecule has 0 unspecified atom stereocenters. The maximum Gasteiger partial charge on any atom is 0.402 e. The summed E-state index contributed by atoms with van der Waals surface area (Å²) in [5.74, 6) is 0.585. The van der Waals surface area contributed by atoms with Crippen molar-refractivity contribution < 1.29 is 9.15 Å². The molecule has 0 radical (unpaired) electrons. The van der Waals surface area contributed by atoms with E-state index >= 15 is 0 Å². The number of ether oxygens (including phenoxy) is 1. The molecule has 3 rings (SSSR count). The van der Waals surface area contributed by atoms with E-state index in [1.165, 1.54) is 0 Å². The second-order valence-electron chi connectivity index (χ2n) is 5.45. The Morgan fingerprint density at radius 2 is 1.87 bits per heavy atom. The Bertz CT molecular complexity index is 840. The predicted octanol–water partition coefficient (Wildman–Crippen LogP) is 4.71. The zero-order chi connectivity index (χ0) is 16.1. The van der Waals surface area contributed by atoms with E-state index in [9.17, 15) is 4.79 Å². The fourth-order valence-corrected chi connectivity index (χ4v) is 2.57. The van der Waals surface area contributed by atoms with Crippen LogP contribution >= 0.6 is 0 Å². The van der Waals surface area contributed by atoms with Crippen LogP contribution in [0.3, 0.4) is 0 Å². The lowest BCUT2D eigenvalue weighted by Gasteiger charge is -2.06. The first-order valence-electron chi connectivity index (χ1n) is 7.93. The van der Waals surface area contributed by atoms with Crippen LogP contribution in [0, 0.1) is 0 Å². The van der Waals surface area contributed by atoms with Crippen LogP contribution in [0.15, 0.2) is 57.7 Å². The molecule has 118 valence electrons. The van der Waals surface area contributed by atoms with Crippen molar-refractivity contribution in [3.63, 3.8) is 0 Å². The predicted molar refractivity (Wildman–Crippen MR) is 90.0 cm³/mol. The number of rotatable bonds is 6. The van der Waals surface area contributed by atoms with Crippen LogP contribution in [0.2, 0.25) is 0 Å². The molecule has 0 aliphatic carbocycles. The lowest BCUT2D eigenvalue weighted by atomic mass is 10.0. The average molecular weight is 309 g/mol. The van der Waals surface area contributed by atoms with E-state index < -0.39 is 5.63 Å². The minimum Gasteiger partial charge on any atom is -0.411 e. The summed E-state index contributed by atoms with van der Waals surface area (Å²) in [5, 5.41) is 0.559. The number of fused-ring (bicyclic) bond motifs is 1. The fraction of sp³-hybridized carbons (Fsp3) is 0.263. The van der Waals surface area contributed by atoms with Gasteiger partial charge in [-0.1, -0.05) is 50.1 Å². The van der Waals surface area contributed by atoms with Crippen LogP contribution < -0.4 is 10.4 Å². The molecule has 0 bridgehead atoms. The Morgan fingerprint density at radius 1 is 1.04 bits per heavy atom. The van der Waals surface area contributed by atoms with Gasteiger partial charge in [0.25, 0.3) is 0 Å². The number of hydrogen-bond donors (Lipinski definition) is 0. The van der Waals surface area contributed by atoms with Crippen molar-refractivity contribution in [3.8, 4) is 11.8 Å². The maximum absolute atomic E-state index is 12.4. The number of benzene rings is 2. The zero-order valence-corrected chi connectivity index (χ0v) is 13.1. The first-order valence-corrected chi connectivity index (χ1v) is 7.93. The molecule has 1 heterocycles. The summed E-state index contributed by atoms with van der Waals surface area (Å²) in [5.41, 5.74) is 1.21. The van der Waals surface area contributed by atoms with Crippen molar-refractivity contribution in [1.29, 1.82) is 0 Å². The van der Waals surface area contributed by atoms with Crippen molar-refractivity contribution in [3.05, 3.63) is 64.5 Å². The molecular weight excluding hydrogens is 290 g/mol. The average Bonchev–Trinajstić information content (AvgIpc) is 2.56. The van der Waals surface area contributed by atoms with Crippen LogP contribution in [0.5, 0.6) is 11.8 Å². The highest BCUT2D eigenvalue weighted by atomic mass is 16.6. The van der Waals surface area contributed by atoms with E-state index in [2.05, 4.69) is 11.9 Å². The highest BCUT2D eigenvalue weighted by Gasteiger charge is 2.11. The second-order valence-corrected chi connectivity index (χ2v) is 5.45. The molecule has 0 aliphatic heterocycles. The molecular formula is C19H19NO3. The van der Waals surface area contributed by atoms with Crippen LogP contribution in [0.4, 0.5) is 0 Å². The summed E-state index contributed by atoms with van der Waals surface area (Å²) in [6, 6.07) is 14.9. The Kier molecular flexibility index (Phi) is 4.71. The van der Waals surface area contributed by atoms with E-state index in [4.69, 9.17) is 9.15 Å². The van der Waals surface area contributed by atoms with Crippen LogP contribution in [-0.2, 0) is 6.42 Å². The molecule has 1 aromatic heterocycles. The third-order valence-electron chi connectivity index (χ3n) is 3.72. The first kappa shape index (κ1) is 15.3. The van der Waals surface area contributed by atoms with Gasteiger partial charge >= 0.3 is 11.7 Å². The molecule has 2 aromatic carbocycles.